The zero-order chi connectivity index (χ0) is 19.5. The van der Waals surface area contributed by atoms with Crippen LogP contribution in [-0.4, -0.2) is 44.8 Å². The van der Waals surface area contributed by atoms with E-state index in [1.54, 1.807) is 30.3 Å². The molecule has 0 saturated heterocycles. The van der Waals surface area contributed by atoms with E-state index >= 15 is 0 Å². The first-order valence-corrected chi connectivity index (χ1v) is 8.23. The van der Waals surface area contributed by atoms with Crippen LogP contribution < -0.4 is 16.0 Å². The lowest BCUT2D eigenvalue weighted by Gasteiger charge is -2.09. The smallest absolute Gasteiger partial charge is 0.411 e. The Labute approximate surface area is 156 Å². The Morgan fingerprint density at radius 1 is 1.04 bits per heavy atom. The van der Waals surface area contributed by atoms with Crippen molar-refractivity contribution in [3.63, 3.8) is 0 Å². The molecule has 0 spiro atoms. The van der Waals surface area contributed by atoms with Crippen molar-refractivity contribution < 1.29 is 28.3 Å². The van der Waals surface area contributed by atoms with Crippen LogP contribution in [0.25, 0.3) is 0 Å². The first-order chi connectivity index (χ1) is 13.1. The van der Waals surface area contributed by atoms with E-state index in [9.17, 15) is 14.4 Å². The zero-order valence-electron chi connectivity index (χ0n) is 14.8. The van der Waals surface area contributed by atoms with Crippen molar-refractivity contribution in [1.29, 1.82) is 0 Å². The van der Waals surface area contributed by atoms with Crippen LogP contribution in [-0.2, 0) is 14.3 Å². The molecule has 1 heterocycles. The molecule has 0 aliphatic heterocycles. The molecular formula is C18H21N3O6. The maximum absolute atomic E-state index is 12.0. The summed E-state index contributed by atoms with van der Waals surface area (Å²) >= 11 is 0. The molecule has 2 aromatic rings. The third kappa shape index (κ3) is 7.20. The van der Waals surface area contributed by atoms with Gasteiger partial charge in [-0.25, -0.2) is 4.79 Å². The molecule has 0 radical (unpaired) electrons. The van der Waals surface area contributed by atoms with Crippen molar-refractivity contribution in [1.82, 2.24) is 5.32 Å². The molecule has 3 amide bonds. The second-order valence-corrected chi connectivity index (χ2v) is 5.37. The number of carbonyl (C=O) groups is 3. The van der Waals surface area contributed by atoms with Crippen molar-refractivity contribution in [2.24, 2.45) is 0 Å². The molecular weight excluding hydrogens is 354 g/mol. The van der Waals surface area contributed by atoms with E-state index in [0.29, 0.717) is 18.0 Å². The lowest BCUT2D eigenvalue weighted by atomic mass is 10.2. The number of nitrogens with one attached hydrogen (secondary N) is 3. The third-order valence-corrected chi connectivity index (χ3v) is 3.30. The molecule has 144 valence electrons. The third-order valence-electron chi connectivity index (χ3n) is 3.30. The van der Waals surface area contributed by atoms with Gasteiger partial charge in [-0.2, -0.15) is 0 Å². The van der Waals surface area contributed by atoms with Crippen molar-refractivity contribution in [2.45, 2.75) is 6.42 Å². The topological polar surface area (TPSA) is 119 Å². The van der Waals surface area contributed by atoms with Gasteiger partial charge in [0, 0.05) is 31.5 Å². The van der Waals surface area contributed by atoms with E-state index in [1.165, 1.54) is 19.4 Å². The number of rotatable bonds is 9. The molecule has 1 aromatic carbocycles. The molecule has 27 heavy (non-hydrogen) atoms. The van der Waals surface area contributed by atoms with Gasteiger partial charge in [-0.1, -0.05) is 6.07 Å². The number of anilines is 2. The van der Waals surface area contributed by atoms with Crippen LogP contribution in [0.2, 0.25) is 0 Å². The van der Waals surface area contributed by atoms with Gasteiger partial charge in [-0.3, -0.25) is 14.9 Å². The van der Waals surface area contributed by atoms with E-state index in [2.05, 4.69) is 16.0 Å². The highest BCUT2D eigenvalue weighted by Gasteiger charge is 2.09. The molecule has 9 nitrogen and oxygen atoms in total. The molecule has 0 atom stereocenters. The standard InChI is InChI=1S/C18H21N3O6/c1-25-10-11-27-18(24)21-14-5-2-4-13(12-14)20-16(22)7-8-19-17(23)15-6-3-9-26-15/h2-6,9,12H,7-8,10-11H2,1H3,(H,19,23)(H,20,22)(H,21,24). The Balaban J connectivity index is 1.75. The molecule has 0 aliphatic rings. The molecule has 0 saturated carbocycles. The average molecular weight is 375 g/mol. The fourth-order valence-corrected chi connectivity index (χ4v) is 2.05. The first-order valence-electron chi connectivity index (χ1n) is 8.23. The van der Waals surface area contributed by atoms with E-state index in [0.717, 1.165) is 0 Å². The summed E-state index contributed by atoms with van der Waals surface area (Å²) in [4.78, 5) is 35.3. The van der Waals surface area contributed by atoms with E-state index in [4.69, 9.17) is 13.9 Å². The largest absolute Gasteiger partial charge is 0.459 e. The normalized spacial score (nSPS) is 10.1. The molecule has 0 fully saturated rings. The Kier molecular flexibility index (Phi) is 7.86. The number of carbonyl (C=O) groups excluding carboxylic acids is 3. The van der Waals surface area contributed by atoms with Crippen molar-refractivity contribution >= 4 is 29.3 Å². The Bertz CT molecular complexity index is 760. The summed E-state index contributed by atoms with van der Waals surface area (Å²) in [6, 6.07) is 9.76. The number of hydrogen-bond acceptors (Lipinski definition) is 6. The monoisotopic (exact) mass is 375 g/mol. The molecule has 2 rings (SSSR count). The van der Waals surface area contributed by atoms with Gasteiger partial charge >= 0.3 is 6.09 Å². The van der Waals surface area contributed by atoms with Gasteiger partial charge in [0.15, 0.2) is 5.76 Å². The molecule has 3 N–H and O–H groups in total. The van der Waals surface area contributed by atoms with Crippen molar-refractivity contribution in [3.8, 4) is 0 Å². The first kappa shape index (κ1) is 20.0. The minimum Gasteiger partial charge on any atom is -0.459 e. The zero-order valence-corrected chi connectivity index (χ0v) is 14.8. The lowest BCUT2D eigenvalue weighted by Crippen LogP contribution is -2.27. The number of hydrogen-bond donors (Lipinski definition) is 3. The van der Waals surface area contributed by atoms with Crippen molar-refractivity contribution in [3.05, 3.63) is 48.4 Å². The van der Waals surface area contributed by atoms with Crippen LogP contribution in [0.5, 0.6) is 0 Å². The summed E-state index contributed by atoms with van der Waals surface area (Å²) in [5, 5.41) is 7.83. The van der Waals surface area contributed by atoms with Crippen LogP contribution >= 0.6 is 0 Å². The van der Waals surface area contributed by atoms with Crippen LogP contribution in [0.4, 0.5) is 16.2 Å². The minimum atomic E-state index is -0.615. The Morgan fingerprint density at radius 2 is 1.81 bits per heavy atom. The second-order valence-electron chi connectivity index (χ2n) is 5.37. The van der Waals surface area contributed by atoms with Gasteiger partial charge in [-0.05, 0) is 30.3 Å². The highest BCUT2D eigenvalue weighted by molar-refractivity contribution is 5.94. The minimum absolute atomic E-state index is 0.0865. The van der Waals surface area contributed by atoms with Gasteiger partial charge in [0.25, 0.3) is 5.91 Å². The number of amides is 3. The number of methoxy groups -OCH3 is 1. The predicted octanol–water partition coefficient (Wildman–Crippen LogP) is 2.23. The van der Waals surface area contributed by atoms with Gasteiger partial charge < -0.3 is 24.5 Å². The van der Waals surface area contributed by atoms with Crippen LogP contribution in [0, 0.1) is 0 Å². The fraction of sp³-hybridized carbons (Fsp3) is 0.278. The maximum atomic E-state index is 12.0. The SMILES string of the molecule is COCCOC(=O)Nc1cccc(NC(=O)CCNC(=O)c2ccco2)c1. The summed E-state index contributed by atoms with van der Waals surface area (Å²) in [7, 11) is 1.51. The fourth-order valence-electron chi connectivity index (χ4n) is 2.05. The highest BCUT2D eigenvalue weighted by atomic mass is 16.6. The van der Waals surface area contributed by atoms with Crippen LogP contribution in [0.3, 0.4) is 0 Å². The van der Waals surface area contributed by atoms with E-state index in [1.807, 2.05) is 0 Å². The van der Waals surface area contributed by atoms with Crippen LogP contribution in [0.1, 0.15) is 17.0 Å². The summed E-state index contributed by atoms with van der Waals surface area (Å²) in [5.41, 5.74) is 0.980. The second kappa shape index (κ2) is 10.6. The summed E-state index contributed by atoms with van der Waals surface area (Å²) in [5.74, 6) is -0.480. The quantitative estimate of drug-likeness (QED) is 0.578. The Hall–Kier alpha value is -3.33. The maximum Gasteiger partial charge on any atom is 0.411 e. The molecule has 0 unspecified atom stereocenters. The number of benzene rings is 1. The van der Waals surface area contributed by atoms with Gasteiger partial charge in [0.05, 0.1) is 12.9 Å². The van der Waals surface area contributed by atoms with Gasteiger partial charge in [0.2, 0.25) is 5.91 Å². The summed E-state index contributed by atoms with van der Waals surface area (Å²) < 4.78 is 14.7. The summed E-state index contributed by atoms with van der Waals surface area (Å²) in [6.45, 7) is 0.609. The predicted molar refractivity (Wildman–Crippen MR) is 97.6 cm³/mol. The van der Waals surface area contributed by atoms with Crippen molar-refractivity contribution in [2.75, 3.05) is 37.5 Å². The number of ether oxygens (including phenoxy) is 2. The summed E-state index contributed by atoms with van der Waals surface area (Å²) in [6.07, 6.45) is 0.871. The lowest BCUT2D eigenvalue weighted by molar-refractivity contribution is -0.116. The molecule has 9 heteroatoms. The van der Waals surface area contributed by atoms with Gasteiger partial charge in [0.1, 0.15) is 6.61 Å². The molecule has 1 aromatic heterocycles. The van der Waals surface area contributed by atoms with E-state index < -0.39 is 6.09 Å². The Morgan fingerprint density at radius 3 is 2.52 bits per heavy atom. The molecule has 0 aliphatic carbocycles. The number of furan rings is 1. The van der Waals surface area contributed by atoms with E-state index in [-0.39, 0.29) is 37.1 Å². The highest BCUT2D eigenvalue weighted by Crippen LogP contribution is 2.15. The van der Waals surface area contributed by atoms with Gasteiger partial charge in [-0.15, -0.1) is 0 Å². The molecule has 0 bridgehead atoms. The van der Waals surface area contributed by atoms with Crippen LogP contribution in [0.15, 0.2) is 47.1 Å². The average Bonchev–Trinajstić information content (AvgIpc) is 3.17.